The van der Waals surface area contributed by atoms with Crippen LogP contribution in [-0.2, 0) is 12.4 Å². The molecule has 2 nitrogen and oxygen atoms in total. The first-order chi connectivity index (χ1) is 15.8. The van der Waals surface area contributed by atoms with E-state index in [4.69, 9.17) is 4.98 Å². The Labute approximate surface area is 197 Å². The molecule has 0 N–H and O–H groups in total. The number of aromatic nitrogens is 2. The van der Waals surface area contributed by atoms with Gasteiger partial charge in [0, 0.05) is 35.0 Å². The number of nitrogens with zero attached hydrogens (tertiary/aromatic N) is 2. The van der Waals surface area contributed by atoms with Gasteiger partial charge in [0.1, 0.15) is 7.85 Å². The molecule has 33 heavy (non-hydrogen) atoms. The van der Waals surface area contributed by atoms with Crippen LogP contribution in [0.4, 0.5) is 0 Å². The second kappa shape index (κ2) is 7.22. The fraction of sp³-hybridized carbons (Fsp3) is 0.300. The maximum Gasteiger partial charge on any atom is 0.115 e. The number of hydrogen-bond donors (Lipinski definition) is 0. The van der Waals surface area contributed by atoms with Crippen LogP contribution in [0.2, 0.25) is 0 Å². The van der Waals surface area contributed by atoms with Crippen LogP contribution >= 0.6 is 0 Å². The molecule has 2 heterocycles. The van der Waals surface area contributed by atoms with Crippen LogP contribution in [0.1, 0.15) is 45.1 Å². The predicted molar refractivity (Wildman–Crippen MR) is 144 cm³/mol. The third-order valence-corrected chi connectivity index (χ3v) is 8.33. The Morgan fingerprint density at radius 2 is 1.55 bits per heavy atom. The molecular weight excluding hydrogens is 399 g/mol. The molecule has 2 aromatic heterocycles. The smallest absolute Gasteiger partial charge is 0.115 e. The standard InChI is InChI=1S/C30H31BN2/c1-29(2)13-15-30(31,16-14-29)22-10-12-23-21(17-22)9-11-24-25-19-32-26(20-7-5-4-6-8-20)18-27(25)33(3)28(23)24/h4-12,17-19H,13-16,31H2,1-3H3. The van der Waals surface area contributed by atoms with Gasteiger partial charge in [0.2, 0.25) is 0 Å². The van der Waals surface area contributed by atoms with Gasteiger partial charge in [0.05, 0.1) is 16.7 Å². The zero-order valence-corrected chi connectivity index (χ0v) is 20.2. The molecule has 1 aliphatic carbocycles. The van der Waals surface area contributed by atoms with E-state index >= 15 is 0 Å². The van der Waals surface area contributed by atoms with E-state index < -0.39 is 0 Å². The highest BCUT2D eigenvalue weighted by Gasteiger charge is 2.36. The van der Waals surface area contributed by atoms with Crippen molar-refractivity contribution in [3.8, 4) is 11.3 Å². The topological polar surface area (TPSA) is 17.8 Å². The Morgan fingerprint density at radius 1 is 0.818 bits per heavy atom. The number of benzene rings is 3. The van der Waals surface area contributed by atoms with Crippen LogP contribution in [0, 0.1) is 5.41 Å². The van der Waals surface area contributed by atoms with Crippen molar-refractivity contribution in [1.82, 2.24) is 9.55 Å². The minimum Gasteiger partial charge on any atom is -0.343 e. The molecule has 0 bridgehead atoms. The summed E-state index contributed by atoms with van der Waals surface area (Å²) in [5.74, 6) is 0. The summed E-state index contributed by atoms with van der Waals surface area (Å²) < 4.78 is 2.35. The second-order valence-electron chi connectivity index (χ2n) is 11.1. The van der Waals surface area contributed by atoms with Gasteiger partial charge in [-0.3, -0.25) is 4.98 Å². The molecule has 5 aromatic rings. The van der Waals surface area contributed by atoms with E-state index in [0.717, 1.165) is 11.3 Å². The zero-order valence-electron chi connectivity index (χ0n) is 20.2. The maximum absolute atomic E-state index is 4.80. The van der Waals surface area contributed by atoms with Crippen molar-refractivity contribution in [2.75, 3.05) is 0 Å². The van der Waals surface area contributed by atoms with E-state index in [1.165, 1.54) is 63.8 Å². The van der Waals surface area contributed by atoms with Crippen molar-refractivity contribution in [3.63, 3.8) is 0 Å². The van der Waals surface area contributed by atoms with Gasteiger partial charge in [0.25, 0.3) is 0 Å². The molecule has 3 aromatic carbocycles. The molecule has 164 valence electrons. The Balaban J connectivity index is 1.49. The summed E-state index contributed by atoms with van der Waals surface area (Å²) in [4.78, 5) is 4.80. The summed E-state index contributed by atoms with van der Waals surface area (Å²) in [6.07, 6.45) is 7.21. The van der Waals surface area contributed by atoms with Gasteiger partial charge >= 0.3 is 0 Å². The average Bonchev–Trinajstić information content (AvgIpc) is 3.13. The Kier molecular flexibility index (Phi) is 4.49. The van der Waals surface area contributed by atoms with Gasteiger partial charge in [-0.05, 0) is 40.6 Å². The average molecular weight is 430 g/mol. The monoisotopic (exact) mass is 430 g/mol. The van der Waals surface area contributed by atoms with Crippen LogP contribution < -0.4 is 0 Å². The molecule has 0 spiro atoms. The molecule has 0 aliphatic heterocycles. The summed E-state index contributed by atoms with van der Waals surface area (Å²) in [6.45, 7) is 4.84. The first kappa shape index (κ1) is 20.5. The first-order valence-electron chi connectivity index (χ1n) is 12.2. The van der Waals surface area contributed by atoms with Crippen molar-refractivity contribution in [2.45, 2.75) is 44.8 Å². The third kappa shape index (κ3) is 3.29. The highest BCUT2D eigenvalue weighted by atomic mass is 14.9. The minimum absolute atomic E-state index is 0.284. The summed E-state index contributed by atoms with van der Waals surface area (Å²) in [5, 5.41) is 5.46. The third-order valence-electron chi connectivity index (χ3n) is 8.33. The number of rotatable bonds is 2. The van der Waals surface area contributed by atoms with Crippen LogP contribution in [0.25, 0.3) is 43.8 Å². The van der Waals surface area contributed by atoms with Crippen LogP contribution in [-0.4, -0.2) is 17.4 Å². The van der Waals surface area contributed by atoms with Gasteiger partial charge in [-0.1, -0.05) is 87.4 Å². The Bertz CT molecular complexity index is 1500. The van der Waals surface area contributed by atoms with Crippen LogP contribution in [0.5, 0.6) is 0 Å². The van der Waals surface area contributed by atoms with Crippen molar-refractivity contribution >= 4 is 40.4 Å². The summed E-state index contributed by atoms with van der Waals surface area (Å²) in [7, 11) is 4.66. The fourth-order valence-corrected chi connectivity index (χ4v) is 5.85. The first-order valence-corrected chi connectivity index (χ1v) is 12.2. The van der Waals surface area contributed by atoms with Crippen molar-refractivity contribution in [1.29, 1.82) is 0 Å². The van der Waals surface area contributed by atoms with E-state index in [2.05, 4.69) is 94.0 Å². The molecule has 1 aliphatic rings. The van der Waals surface area contributed by atoms with Crippen LogP contribution in [0.3, 0.4) is 0 Å². The van der Waals surface area contributed by atoms with Crippen molar-refractivity contribution in [2.24, 2.45) is 12.5 Å². The lowest BCUT2D eigenvalue weighted by Gasteiger charge is -2.42. The highest BCUT2D eigenvalue weighted by molar-refractivity contribution is 6.19. The molecule has 1 saturated carbocycles. The largest absolute Gasteiger partial charge is 0.343 e. The van der Waals surface area contributed by atoms with Gasteiger partial charge in [-0.15, -0.1) is 0 Å². The maximum atomic E-state index is 4.80. The molecule has 1 fully saturated rings. The number of hydrogen-bond acceptors (Lipinski definition) is 1. The Morgan fingerprint density at radius 3 is 2.30 bits per heavy atom. The fourth-order valence-electron chi connectivity index (χ4n) is 5.85. The van der Waals surface area contributed by atoms with E-state index in [0.29, 0.717) is 5.41 Å². The van der Waals surface area contributed by atoms with Gasteiger partial charge in [-0.2, -0.15) is 0 Å². The van der Waals surface area contributed by atoms with E-state index in [-0.39, 0.29) is 5.31 Å². The Hall–Kier alpha value is -3.07. The van der Waals surface area contributed by atoms with Gasteiger partial charge in [0.15, 0.2) is 0 Å². The highest BCUT2D eigenvalue weighted by Crippen LogP contribution is 2.45. The quantitative estimate of drug-likeness (QED) is 0.277. The number of aryl methyl sites for hydroxylation is 1. The molecule has 0 radical (unpaired) electrons. The molecule has 0 atom stereocenters. The lowest BCUT2D eigenvalue weighted by Crippen LogP contribution is -2.35. The van der Waals surface area contributed by atoms with Gasteiger partial charge < -0.3 is 4.57 Å². The van der Waals surface area contributed by atoms with E-state index in [1.807, 2.05) is 12.3 Å². The minimum atomic E-state index is 0.284. The van der Waals surface area contributed by atoms with Crippen LogP contribution in [0.15, 0.2) is 72.9 Å². The summed E-state index contributed by atoms with van der Waals surface area (Å²) in [6, 6.07) is 24.5. The van der Waals surface area contributed by atoms with Crippen molar-refractivity contribution < 1.29 is 0 Å². The van der Waals surface area contributed by atoms with Gasteiger partial charge in [-0.25, -0.2) is 0 Å². The lowest BCUT2D eigenvalue weighted by atomic mass is 9.53. The van der Waals surface area contributed by atoms with E-state index in [1.54, 1.807) is 0 Å². The second-order valence-corrected chi connectivity index (χ2v) is 11.1. The summed E-state index contributed by atoms with van der Waals surface area (Å²) >= 11 is 0. The normalized spacial score (nSPS) is 17.7. The molecule has 6 rings (SSSR count). The SMILES string of the molecule is BC1(c2ccc3c(ccc4c5cnc(-c6ccccc6)cc5n(C)c34)c2)CCC(C)(C)CC1. The molecule has 0 unspecified atom stereocenters. The summed E-state index contributed by atoms with van der Waals surface area (Å²) in [5.41, 5.74) is 6.69. The lowest BCUT2D eigenvalue weighted by molar-refractivity contribution is 0.206. The number of fused-ring (bicyclic) bond motifs is 5. The molecule has 0 saturated heterocycles. The molecule has 0 amide bonds. The molecular formula is C30H31BN2. The zero-order chi connectivity index (χ0) is 22.8. The predicted octanol–water partition coefficient (Wildman–Crippen LogP) is 6.98. The van der Waals surface area contributed by atoms with E-state index in [9.17, 15) is 0 Å². The number of pyridine rings is 1. The van der Waals surface area contributed by atoms with Crippen molar-refractivity contribution in [3.05, 3.63) is 78.5 Å². The molecule has 3 heteroatoms.